The molecule has 0 radical (unpaired) electrons. The van der Waals surface area contributed by atoms with Crippen LogP contribution in [0.5, 0.6) is 5.75 Å². The Morgan fingerprint density at radius 2 is 2.00 bits per heavy atom. The van der Waals surface area contributed by atoms with Crippen molar-refractivity contribution in [1.82, 2.24) is 35.0 Å². The van der Waals surface area contributed by atoms with Crippen molar-refractivity contribution in [2.24, 2.45) is 5.41 Å². The number of halogens is 1. The van der Waals surface area contributed by atoms with Gasteiger partial charge in [0.25, 0.3) is 5.91 Å². The number of carbonyl (C=O) groups excluding carboxylic acids is 1. The van der Waals surface area contributed by atoms with E-state index in [1.54, 1.807) is 23.6 Å². The molecule has 0 aromatic carbocycles. The highest BCUT2D eigenvalue weighted by Crippen LogP contribution is 2.66. The largest absolute Gasteiger partial charge is 0.492 e. The molecule has 2 aliphatic rings. The zero-order valence-electron chi connectivity index (χ0n) is 22.0. The Labute approximate surface area is 233 Å². The molecule has 11 heteroatoms. The van der Waals surface area contributed by atoms with Crippen LogP contribution >= 0.6 is 11.3 Å². The van der Waals surface area contributed by atoms with E-state index in [-0.39, 0.29) is 23.3 Å². The smallest absolute Gasteiger partial charge is 0.253 e. The Kier molecular flexibility index (Phi) is 5.85. The van der Waals surface area contributed by atoms with Gasteiger partial charge >= 0.3 is 0 Å². The van der Waals surface area contributed by atoms with E-state index < -0.39 is 5.82 Å². The molecule has 5 aromatic heterocycles. The molecule has 2 aliphatic carbocycles. The number of fused-ring (bicyclic) bond motifs is 1. The quantitative estimate of drug-likeness (QED) is 0.292. The van der Waals surface area contributed by atoms with Crippen molar-refractivity contribution in [3.05, 3.63) is 77.1 Å². The van der Waals surface area contributed by atoms with Crippen molar-refractivity contribution in [1.29, 1.82) is 0 Å². The van der Waals surface area contributed by atoms with Crippen molar-refractivity contribution in [3.63, 3.8) is 0 Å². The van der Waals surface area contributed by atoms with Crippen molar-refractivity contribution in [2.75, 3.05) is 6.61 Å². The third-order valence-electron chi connectivity index (χ3n) is 7.87. The van der Waals surface area contributed by atoms with Crippen LogP contribution in [0, 0.1) is 18.2 Å². The fourth-order valence-corrected chi connectivity index (χ4v) is 6.66. The molecule has 2 saturated carbocycles. The monoisotopic (exact) mass is 555 g/mol. The SMILES string of the molecule is CCOc1ccc(-c2nnc(C3CC4(C3)CC4NC(=O)c3ccnc4cc(F)cnc34)n2-c2ccc(C)s2)nc1. The van der Waals surface area contributed by atoms with Gasteiger partial charge < -0.3 is 10.1 Å². The van der Waals surface area contributed by atoms with Crippen LogP contribution in [0.15, 0.2) is 55.0 Å². The standard InChI is InChI=1S/C29H26FN7O2S/c1-3-39-19-5-6-21(32-15-19)27-36-35-26(37(27)24-7-4-16(2)40-24)17-11-29(12-17)13-23(29)34-28(38)20-8-9-31-22-10-18(30)14-33-25(20)22/h4-10,14-15,17,23H,3,11-13H2,1-2H3,(H,34,38). The first-order valence-corrected chi connectivity index (χ1v) is 14.1. The van der Waals surface area contributed by atoms with Crippen LogP contribution in [0.25, 0.3) is 27.6 Å². The van der Waals surface area contributed by atoms with Crippen LogP contribution in [0.1, 0.15) is 53.2 Å². The molecule has 5 heterocycles. The van der Waals surface area contributed by atoms with Crippen LogP contribution in [0.4, 0.5) is 4.39 Å². The van der Waals surface area contributed by atoms with Gasteiger partial charge in [-0.05, 0) is 68.9 Å². The van der Waals surface area contributed by atoms with E-state index >= 15 is 0 Å². The minimum absolute atomic E-state index is 0.0579. The highest BCUT2D eigenvalue weighted by Gasteiger charge is 2.63. The molecule has 0 aliphatic heterocycles. The lowest BCUT2D eigenvalue weighted by molar-refractivity contribution is 0.0934. The van der Waals surface area contributed by atoms with E-state index in [2.05, 4.69) is 54.1 Å². The summed E-state index contributed by atoms with van der Waals surface area (Å²) in [5.74, 6) is 1.87. The van der Waals surface area contributed by atoms with Gasteiger partial charge in [-0.1, -0.05) is 0 Å². The Morgan fingerprint density at radius 1 is 1.12 bits per heavy atom. The fourth-order valence-electron chi connectivity index (χ4n) is 5.78. The maximum absolute atomic E-state index is 13.6. The highest BCUT2D eigenvalue weighted by molar-refractivity contribution is 7.14. The van der Waals surface area contributed by atoms with E-state index in [1.807, 2.05) is 19.1 Å². The second-order valence-electron chi connectivity index (χ2n) is 10.5. The Balaban J connectivity index is 1.10. The van der Waals surface area contributed by atoms with Gasteiger partial charge in [0.2, 0.25) is 0 Å². The summed E-state index contributed by atoms with van der Waals surface area (Å²) < 4.78 is 21.3. The second kappa shape index (κ2) is 9.44. The molecular weight excluding hydrogens is 529 g/mol. The molecule has 0 bridgehead atoms. The lowest BCUT2D eigenvalue weighted by Gasteiger charge is -2.36. The van der Waals surface area contributed by atoms with Gasteiger partial charge in [0.05, 0.1) is 30.1 Å². The van der Waals surface area contributed by atoms with Crippen molar-refractivity contribution < 1.29 is 13.9 Å². The first kappa shape index (κ1) is 24.8. The van der Waals surface area contributed by atoms with Crippen LogP contribution < -0.4 is 10.1 Å². The zero-order valence-corrected chi connectivity index (χ0v) is 22.8. The summed E-state index contributed by atoms with van der Waals surface area (Å²) in [7, 11) is 0. The molecule has 9 nitrogen and oxygen atoms in total. The molecule has 1 atom stereocenters. The average molecular weight is 556 g/mol. The molecule has 1 amide bonds. The molecule has 1 unspecified atom stereocenters. The lowest BCUT2D eigenvalue weighted by Crippen LogP contribution is -2.36. The number of thiophene rings is 1. The highest BCUT2D eigenvalue weighted by atomic mass is 32.1. The van der Waals surface area contributed by atoms with Gasteiger partial charge in [0.1, 0.15) is 33.6 Å². The Hall–Kier alpha value is -4.25. The second-order valence-corrected chi connectivity index (χ2v) is 11.8. The number of carbonyl (C=O) groups is 1. The van der Waals surface area contributed by atoms with E-state index in [0.717, 1.165) is 47.7 Å². The number of rotatable bonds is 7. The van der Waals surface area contributed by atoms with Crippen LogP contribution in [0.3, 0.4) is 0 Å². The molecule has 1 N–H and O–H groups in total. The summed E-state index contributed by atoms with van der Waals surface area (Å²) in [4.78, 5) is 27.2. The molecule has 1 spiro atoms. The molecular formula is C29H26FN7O2S. The maximum atomic E-state index is 13.6. The third kappa shape index (κ3) is 4.21. The minimum Gasteiger partial charge on any atom is -0.492 e. The van der Waals surface area contributed by atoms with Crippen molar-refractivity contribution >= 4 is 28.3 Å². The van der Waals surface area contributed by atoms with Gasteiger partial charge in [0, 0.05) is 29.1 Å². The molecule has 7 rings (SSSR count). The lowest BCUT2D eigenvalue weighted by atomic mass is 9.70. The fraction of sp³-hybridized carbons (Fsp3) is 0.310. The van der Waals surface area contributed by atoms with Crippen LogP contribution in [-0.2, 0) is 0 Å². The molecule has 2 fully saturated rings. The molecule has 40 heavy (non-hydrogen) atoms. The molecule has 202 valence electrons. The van der Waals surface area contributed by atoms with E-state index in [0.29, 0.717) is 29.0 Å². The summed E-state index contributed by atoms with van der Waals surface area (Å²) in [5, 5.41) is 13.4. The number of nitrogens with one attached hydrogen (secondary N) is 1. The van der Waals surface area contributed by atoms with Crippen molar-refractivity contribution in [2.45, 2.75) is 45.1 Å². The number of pyridine rings is 3. The van der Waals surface area contributed by atoms with E-state index in [1.165, 1.54) is 17.1 Å². The number of amides is 1. The summed E-state index contributed by atoms with van der Waals surface area (Å²) in [5.41, 5.74) is 1.96. The number of nitrogens with zero attached hydrogens (tertiary/aromatic N) is 6. The zero-order chi connectivity index (χ0) is 27.4. The number of hydrogen-bond donors (Lipinski definition) is 1. The first-order chi connectivity index (χ1) is 19.4. The minimum atomic E-state index is -0.480. The van der Waals surface area contributed by atoms with Crippen LogP contribution in [-0.4, -0.2) is 48.3 Å². The summed E-state index contributed by atoms with van der Waals surface area (Å²) in [6, 6.07) is 11.0. The Morgan fingerprint density at radius 3 is 2.75 bits per heavy atom. The normalized spacial score (nSPS) is 21.4. The first-order valence-electron chi connectivity index (χ1n) is 13.3. The van der Waals surface area contributed by atoms with Gasteiger partial charge in [-0.2, -0.15) is 0 Å². The molecule has 0 saturated heterocycles. The van der Waals surface area contributed by atoms with Gasteiger partial charge in [-0.25, -0.2) is 9.37 Å². The number of ether oxygens (including phenoxy) is 1. The van der Waals surface area contributed by atoms with E-state index in [9.17, 15) is 9.18 Å². The summed E-state index contributed by atoms with van der Waals surface area (Å²) in [6.07, 6.45) is 7.08. The maximum Gasteiger partial charge on any atom is 0.253 e. The van der Waals surface area contributed by atoms with Gasteiger partial charge in [0.15, 0.2) is 5.82 Å². The predicted octanol–water partition coefficient (Wildman–Crippen LogP) is 5.25. The molecule has 5 aromatic rings. The topological polar surface area (TPSA) is 108 Å². The van der Waals surface area contributed by atoms with Crippen LogP contribution in [0.2, 0.25) is 0 Å². The predicted molar refractivity (Wildman–Crippen MR) is 148 cm³/mol. The number of aromatic nitrogens is 6. The Bertz CT molecular complexity index is 1740. The van der Waals surface area contributed by atoms with Crippen molar-refractivity contribution in [3.8, 4) is 22.3 Å². The number of hydrogen-bond acceptors (Lipinski definition) is 8. The van der Waals surface area contributed by atoms with Gasteiger partial charge in [-0.3, -0.25) is 19.3 Å². The summed E-state index contributed by atoms with van der Waals surface area (Å²) in [6.45, 7) is 4.61. The number of aryl methyl sites for hydroxylation is 1. The third-order valence-corrected chi connectivity index (χ3v) is 8.85. The van der Waals surface area contributed by atoms with Gasteiger partial charge in [-0.15, -0.1) is 21.5 Å². The average Bonchev–Trinajstić information content (AvgIpc) is 3.24. The summed E-state index contributed by atoms with van der Waals surface area (Å²) >= 11 is 1.69. The van der Waals surface area contributed by atoms with E-state index in [4.69, 9.17) is 4.74 Å².